The minimum atomic E-state index is -0.422. The standard InChI is InChI=1S/C13H15BrFNO2/c1-18-12-7-11(15)10(14)6-9(12)13(17)8-2-4-16-5-3-8/h6-8,16H,2-5H2,1H3. The lowest BCUT2D eigenvalue weighted by Gasteiger charge is -2.22. The number of nitrogens with one attached hydrogen (secondary N) is 1. The van der Waals surface area contributed by atoms with Gasteiger partial charge in [0.05, 0.1) is 17.1 Å². The van der Waals surface area contributed by atoms with Crippen LogP contribution in [0.3, 0.4) is 0 Å². The Morgan fingerprint density at radius 1 is 1.44 bits per heavy atom. The summed E-state index contributed by atoms with van der Waals surface area (Å²) >= 11 is 3.11. The van der Waals surface area contributed by atoms with Crippen molar-refractivity contribution < 1.29 is 13.9 Å². The van der Waals surface area contributed by atoms with Crippen LogP contribution < -0.4 is 10.1 Å². The van der Waals surface area contributed by atoms with Gasteiger partial charge in [0.2, 0.25) is 0 Å². The molecule has 0 bridgehead atoms. The first kappa shape index (κ1) is 13.5. The Morgan fingerprint density at radius 3 is 2.72 bits per heavy atom. The largest absolute Gasteiger partial charge is 0.496 e. The average Bonchev–Trinajstić information content (AvgIpc) is 2.41. The van der Waals surface area contributed by atoms with Crippen LogP contribution in [0.2, 0.25) is 0 Å². The topological polar surface area (TPSA) is 38.3 Å². The van der Waals surface area contributed by atoms with Gasteiger partial charge in [-0.25, -0.2) is 4.39 Å². The van der Waals surface area contributed by atoms with Crippen molar-refractivity contribution in [3.63, 3.8) is 0 Å². The Balaban J connectivity index is 2.31. The summed E-state index contributed by atoms with van der Waals surface area (Å²) < 4.78 is 18.8. The molecule has 5 heteroatoms. The van der Waals surface area contributed by atoms with E-state index in [4.69, 9.17) is 4.74 Å². The lowest BCUT2D eigenvalue weighted by atomic mass is 9.89. The summed E-state index contributed by atoms with van der Waals surface area (Å²) in [6.07, 6.45) is 1.63. The van der Waals surface area contributed by atoms with Crippen LogP contribution in [0.15, 0.2) is 16.6 Å². The van der Waals surface area contributed by atoms with E-state index in [-0.39, 0.29) is 11.7 Å². The minimum absolute atomic E-state index is 0.00230. The number of benzene rings is 1. The van der Waals surface area contributed by atoms with Crippen molar-refractivity contribution in [3.8, 4) is 5.75 Å². The Hall–Kier alpha value is -0.940. The molecule has 1 aromatic rings. The second kappa shape index (κ2) is 5.80. The number of carbonyl (C=O) groups excluding carboxylic acids is 1. The smallest absolute Gasteiger partial charge is 0.169 e. The number of hydrogen-bond acceptors (Lipinski definition) is 3. The van der Waals surface area contributed by atoms with Crippen LogP contribution in [0.4, 0.5) is 4.39 Å². The highest BCUT2D eigenvalue weighted by atomic mass is 79.9. The summed E-state index contributed by atoms with van der Waals surface area (Å²) in [5.74, 6) is -0.0838. The molecule has 0 amide bonds. The second-order valence-corrected chi connectivity index (χ2v) is 5.21. The highest BCUT2D eigenvalue weighted by Crippen LogP contribution is 2.30. The normalized spacial score (nSPS) is 16.6. The maximum atomic E-state index is 13.4. The van der Waals surface area contributed by atoms with Crippen molar-refractivity contribution in [1.82, 2.24) is 5.32 Å². The van der Waals surface area contributed by atoms with E-state index in [1.54, 1.807) is 0 Å². The molecule has 1 aromatic carbocycles. The number of hydrogen-bond donors (Lipinski definition) is 1. The highest BCUT2D eigenvalue weighted by molar-refractivity contribution is 9.10. The zero-order valence-corrected chi connectivity index (χ0v) is 11.7. The zero-order valence-electron chi connectivity index (χ0n) is 10.1. The molecule has 0 saturated carbocycles. The van der Waals surface area contributed by atoms with Crippen LogP contribution in [-0.4, -0.2) is 26.0 Å². The molecule has 1 aliphatic rings. The van der Waals surface area contributed by atoms with Gasteiger partial charge in [0.15, 0.2) is 5.78 Å². The van der Waals surface area contributed by atoms with Gasteiger partial charge in [-0.05, 0) is 47.9 Å². The van der Waals surface area contributed by atoms with Gasteiger partial charge in [-0.15, -0.1) is 0 Å². The molecule has 0 spiro atoms. The van der Waals surface area contributed by atoms with Crippen LogP contribution in [0.25, 0.3) is 0 Å². The summed E-state index contributed by atoms with van der Waals surface area (Å²) in [4.78, 5) is 12.4. The fourth-order valence-corrected chi connectivity index (χ4v) is 2.54. The quantitative estimate of drug-likeness (QED) is 0.872. The van der Waals surface area contributed by atoms with Gasteiger partial charge >= 0.3 is 0 Å². The summed E-state index contributed by atoms with van der Waals surface area (Å²) in [5.41, 5.74) is 0.456. The molecule has 18 heavy (non-hydrogen) atoms. The molecule has 0 aliphatic carbocycles. The fourth-order valence-electron chi connectivity index (χ4n) is 2.19. The molecule has 1 heterocycles. The molecule has 0 aromatic heterocycles. The van der Waals surface area contributed by atoms with E-state index in [0.29, 0.717) is 15.8 Å². The predicted molar refractivity (Wildman–Crippen MR) is 70.6 cm³/mol. The monoisotopic (exact) mass is 315 g/mol. The third kappa shape index (κ3) is 2.72. The van der Waals surface area contributed by atoms with E-state index in [1.165, 1.54) is 19.2 Å². The number of piperidine rings is 1. The molecule has 0 unspecified atom stereocenters. The fraction of sp³-hybridized carbons (Fsp3) is 0.462. The molecule has 3 nitrogen and oxygen atoms in total. The molecular weight excluding hydrogens is 301 g/mol. The molecule has 1 N–H and O–H groups in total. The Bertz CT molecular complexity index is 459. The number of ketones is 1. The number of rotatable bonds is 3. The van der Waals surface area contributed by atoms with Crippen LogP contribution in [0.5, 0.6) is 5.75 Å². The van der Waals surface area contributed by atoms with E-state index < -0.39 is 5.82 Å². The molecule has 0 atom stereocenters. The van der Waals surface area contributed by atoms with Gasteiger partial charge in [0, 0.05) is 12.0 Å². The summed E-state index contributed by atoms with van der Waals surface area (Å²) in [7, 11) is 1.45. The molecule has 1 saturated heterocycles. The van der Waals surface area contributed by atoms with Gasteiger partial charge in [-0.3, -0.25) is 4.79 Å². The lowest BCUT2D eigenvalue weighted by molar-refractivity contribution is 0.0892. The number of halogens is 2. The molecule has 1 aliphatic heterocycles. The van der Waals surface area contributed by atoms with Crippen molar-refractivity contribution in [2.75, 3.05) is 20.2 Å². The van der Waals surface area contributed by atoms with Gasteiger partial charge in [0.1, 0.15) is 11.6 Å². The first-order valence-electron chi connectivity index (χ1n) is 5.91. The molecule has 0 radical (unpaired) electrons. The second-order valence-electron chi connectivity index (χ2n) is 4.36. The van der Waals surface area contributed by atoms with Gasteiger partial charge in [-0.1, -0.05) is 0 Å². The Labute approximate surface area is 114 Å². The van der Waals surface area contributed by atoms with Crippen molar-refractivity contribution in [3.05, 3.63) is 28.0 Å². The molecule has 2 rings (SSSR count). The first-order valence-corrected chi connectivity index (χ1v) is 6.70. The van der Waals surface area contributed by atoms with E-state index in [0.717, 1.165) is 25.9 Å². The summed E-state index contributed by atoms with van der Waals surface area (Å²) in [6.45, 7) is 1.70. The maximum Gasteiger partial charge on any atom is 0.169 e. The van der Waals surface area contributed by atoms with E-state index in [9.17, 15) is 9.18 Å². The Kier molecular flexibility index (Phi) is 4.35. The number of carbonyl (C=O) groups is 1. The van der Waals surface area contributed by atoms with Crippen LogP contribution in [0.1, 0.15) is 23.2 Å². The molecule has 1 fully saturated rings. The van der Waals surface area contributed by atoms with Crippen LogP contribution >= 0.6 is 15.9 Å². The van der Waals surface area contributed by atoms with E-state index >= 15 is 0 Å². The van der Waals surface area contributed by atoms with Gasteiger partial charge in [0.25, 0.3) is 0 Å². The molecule has 98 valence electrons. The minimum Gasteiger partial charge on any atom is -0.496 e. The number of Topliss-reactive ketones (excluding diaryl/α,β-unsaturated/α-hetero) is 1. The Morgan fingerprint density at radius 2 is 2.11 bits per heavy atom. The van der Waals surface area contributed by atoms with Gasteiger partial charge in [-0.2, -0.15) is 0 Å². The predicted octanol–water partition coefficient (Wildman–Crippen LogP) is 2.78. The average molecular weight is 316 g/mol. The summed E-state index contributed by atoms with van der Waals surface area (Å²) in [5, 5.41) is 3.22. The number of ether oxygens (including phenoxy) is 1. The van der Waals surface area contributed by atoms with E-state index in [1.807, 2.05) is 0 Å². The van der Waals surface area contributed by atoms with Gasteiger partial charge < -0.3 is 10.1 Å². The van der Waals surface area contributed by atoms with Crippen molar-refractivity contribution in [2.24, 2.45) is 5.92 Å². The van der Waals surface area contributed by atoms with E-state index in [2.05, 4.69) is 21.2 Å². The SMILES string of the molecule is COc1cc(F)c(Br)cc1C(=O)C1CCNCC1. The number of methoxy groups -OCH3 is 1. The summed E-state index contributed by atoms with van der Waals surface area (Å²) in [6, 6.07) is 2.76. The van der Waals surface area contributed by atoms with Crippen LogP contribution in [0, 0.1) is 11.7 Å². The molecular formula is C13H15BrFNO2. The van der Waals surface area contributed by atoms with Crippen molar-refractivity contribution in [1.29, 1.82) is 0 Å². The highest BCUT2D eigenvalue weighted by Gasteiger charge is 2.25. The maximum absolute atomic E-state index is 13.4. The first-order chi connectivity index (χ1) is 8.63. The van der Waals surface area contributed by atoms with Crippen LogP contribution in [-0.2, 0) is 0 Å². The third-order valence-electron chi connectivity index (χ3n) is 3.22. The van der Waals surface area contributed by atoms with Crippen molar-refractivity contribution >= 4 is 21.7 Å². The third-order valence-corrected chi connectivity index (χ3v) is 3.83. The zero-order chi connectivity index (χ0) is 13.1. The lowest BCUT2D eigenvalue weighted by Crippen LogP contribution is -2.32. The van der Waals surface area contributed by atoms with Crippen molar-refractivity contribution in [2.45, 2.75) is 12.8 Å².